The summed E-state index contributed by atoms with van der Waals surface area (Å²) in [6, 6.07) is 3.09. The molecular weight excluding hydrogens is 890 g/mol. The molecular formula is C44H46Br2F6N4O2. The average molecular weight is 937 g/mol. The molecule has 0 unspecified atom stereocenters. The van der Waals surface area contributed by atoms with E-state index in [-0.39, 0.29) is 31.9 Å². The Balaban J connectivity index is 1.82. The second kappa shape index (κ2) is 16.2. The van der Waals surface area contributed by atoms with E-state index in [1.165, 1.54) is 12.4 Å². The standard InChI is InChI=1S/C44H46Br2F6N4O2/c1-39(2,3)29-13-23(14-30(37(29)57)40(4,5)6)21-53-55-35-19-27(43(47,48)49)25(17-33(35)45)26-18-34(46)36(20-28(26)44(50,51)52)56-54-22-24-15-31(41(7,8)9)38(58)32(16-24)42(10,11)12/h13-22H,1-12H3. The van der Waals surface area contributed by atoms with Crippen LogP contribution in [0.15, 0.2) is 124 Å². The maximum atomic E-state index is 14.7. The molecule has 0 aliphatic heterocycles. The van der Waals surface area contributed by atoms with Crippen LogP contribution in [-0.2, 0) is 21.9 Å². The van der Waals surface area contributed by atoms with E-state index in [9.17, 15) is 35.9 Å². The maximum absolute atomic E-state index is 14.7. The van der Waals surface area contributed by atoms with Crippen LogP contribution < -0.4 is 0 Å². The smallest absolute Gasteiger partial charge is 0.289 e. The van der Waals surface area contributed by atoms with Crippen LogP contribution in [0.3, 0.4) is 0 Å². The Morgan fingerprint density at radius 2 is 0.724 bits per heavy atom. The Kier molecular flexibility index (Phi) is 13.0. The van der Waals surface area contributed by atoms with Gasteiger partial charge < -0.3 is 0 Å². The van der Waals surface area contributed by atoms with E-state index in [1.54, 1.807) is 24.3 Å². The molecule has 0 aromatic heterocycles. The fourth-order valence-corrected chi connectivity index (χ4v) is 7.03. The summed E-state index contributed by atoms with van der Waals surface area (Å²) in [4.78, 5) is 26.5. The number of carbonyl (C=O) groups excluding carboxylic acids is 2. The largest absolute Gasteiger partial charge is 0.417 e. The summed E-state index contributed by atoms with van der Waals surface area (Å²) in [5.74, 6) is -0.226. The van der Waals surface area contributed by atoms with Crippen molar-refractivity contribution in [1.82, 2.24) is 0 Å². The predicted octanol–water partition coefficient (Wildman–Crippen LogP) is 15.9. The molecule has 0 radical (unpaired) electrons. The minimum absolute atomic E-state index is 0.0516. The van der Waals surface area contributed by atoms with Gasteiger partial charge >= 0.3 is 12.4 Å². The second-order valence-corrected chi connectivity index (χ2v) is 20.0. The summed E-state index contributed by atoms with van der Waals surface area (Å²) in [6.45, 7) is 22.7. The zero-order valence-electron chi connectivity index (χ0n) is 34.4. The van der Waals surface area contributed by atoms with Gasteiger partial charge in [0, 0.05) is 31.2 Å². The third-order valence-electron chi connectivity index (χ3n) is 9.27. The fraction of sp³-hybridized carbons (Fsp3) is 0.409. The molecule has 58 heavy (non-hydrogen) atoms. The Morgan fingerprint density at radius 1 is 0.466 bits per heavy atom. The SMILES string of the molecule is CC(C)(C)C1=CC(=CN=Nc2cc(C(F)(F)F)c(-c3cc(Br)c(N=NC=C4C=C(C(C)(C)C)C(=O)C(C(C)(C)C)=C4)cc3C(F)(F)F)cc2Br)C=C(C(C)(C)C)C1=O. The lowest BCUT2D eigenvalue weighted by molar-refractivity contribution is -0.139. The molecule has 0 N–H and O–H groups in total. The zero-order valence-corrected chi connectivity index (χ0v) is 37.6. The number of azo groups is 2. The minimum Gasteiger partial charge on any atom is -0.289 e. The van der Waals surface area contributed by atoms with Crippen LogP contribution in [0.2, 0.25) is 0 Å². The van der Waals surface area contributed by atoms with Gasteiger partial charge in [-0.15, -0.1) is 10.2 Å². The Hall–Kier alpha value is -4.04. The normalized spacial score (nSPS) is 16.6. The number of Topliss-reactive ketones (excluding diaryl/α,β-unsaturated/α-hetero) is 2. The molecule has 4 rings (SSSR count). The van der Waals surface area contributed by atoms with Gasteiger partial charge in [0.05, 0.1) is 23.5 Å². The highest BCUT2D eigenvalue weighted by Gasteiger charge is 2.40. The van der Waals surface area contributed by atoms with E-state index >= 15 is 0 Å². The molecule has 0 bridgehead atoms. The van der Waals surface area contributed by atoms with E-state index in [1.807, 2.05) is 83.1 Å². The van der Waals surface area contributed by atoms with E-state index < -0.39 is 56.3 Å². The highest BCUT2D eigenvalue weighted by Crippen LogP contribution is 2.49. The highest BCUT2D eigenvalue weighted by atomic mass is 79.9. The number of hydrogen-bond donors (Lipinski definition) is 0. The lowest BCUT2D eigenvalue weighted by Gasteiger charge is -2.31. The van der Waals surface area contributed by atoms with Gasteiger partial charge in [0.1, 0.15) is 11.4 Å². The first-order chi connectivity index (χ1) is 26.2. The minimum atomic E-state index is -5.10. The quantitative estimate of drug-likeness (QED) is 0.221. The number of allylic oxidation sites excluding steroid dienone is 10. The molecule has 310 valence electrons. The van der Waals surface area contributed by atoms with Crippen LogP contribution in [0.5, 0.6) is 0 Å². The third kappa shape index (κ3) is 10.8. The summed E-state index contributed by atoms with van der Waals surface area (Å²) in [5.41, 5.74) is -3.78. The first-order valence-electron chi connectivity index (χ1n) is 18.2. The summed E-state index contributed by atoms with van der Waals surface area (Å²) >= 11 is 6.39. The van der Waals surface area contributed by atoms with Crippen molar-refractivity contribution < 1.29 is 35.9 Å². The fourth-order valence-electron chi connectivity index (χ4n) is 6.19. The van der Waals surface area contributed by atoms with Crippen LogP contribution in [0.25, 0.3) is 11.1 Å². The van der Waals surface area contributed by atoms with Crippen molar-refractivity contribution in [3.63, 3.8) is 0 Å². The average Bonchev–Trinajstić information content (AvgIpc) is 3.04. The van der Waals surface area contributed by atoms with Crippen molar-refractivity contribution in [2.75, 3.05) is 0 Å². The summed E-state index contributed by atoms with van der Waals surface area (Å²) < 4.78 is 87.9. The van der Waals surface area contributed by atoms with E-state index in [0.29, 0.717) is 45.6 Å². The first-order valence-corrected chi connectivity index (χ1v) is 19.8. The third-order valence-corrected chi connectivity index (χ3v) is 10.5. The number of halogens is 8. The van der Waals surface area contributed by atoms with Gasteiger partial charge in [0.15, 0.2) is 11.6 Å². The molecule has 2 aromatic carbocycles. The number of benzene rings is 2. The Labute approximate surface area is 352 Å². The number of rotatable bonds is 5. The van der Waals surface area contributed by atoms with Crippen molar-refractivity contribution >= 4 is 54.8 Å². The molecule has 0 heterocycles. The van der Waals surface area contributed by atoms with Gasteiger partial charge in [-0.25, -0.2) is 0 Å². The van der Waals surface area contributed by atoms with Crippen LogP contribution in [0.4, 0.5) is 37.7 Å². The Morgan fingerprint density at radius 3 is 0.948 bits per heavy atom. The summed E-state index contributed by atoms with van der Waals surface area (Å²) in [6.07, 6.45) is -0.946. The molecule has 2 aromatic rings. The highest BCUT2D eigenvalue weighted by molar-refractivity contribution is 9.11. The molecule has 0 saturated carbocycles. The van der Waals surface area contributed by atoms with E-state index in [0.717, 1.165) is 12.1 Å². The molecule has 6 nitrogen and oxygen atoms in total. The van der Waals surface area contributed by atoms with Gasteiger partial charge in [0.25, 0.3) is 0 Å². The van der Waals surface area contributed by atoms with Gasteiger partial charge in [-0.2, -0.15) is 36.6 Å². The van der Waals surface area contributed by atoms with Crippen LogP contribution in [0, 0.1) is 21.7 Å². The lowest BCUT2D eigenvalue weighted by atomic mass is 9.72. The molecule has 2 aliphatic rings. The number of nitrogens with zero attached hydrogens (tertiary/aromatic N) is 4. The molecule has 0 atom stereocenters. The van der Waals surface area contributed by atoms with Gasteiger partial charge in [-0.1, -0.05) is 83.1 Å². The van der Waals surface area contributed by atoms with Crippen molar-refractivity contribution in [2.24, 2.45) is 42.1 Å². The molecule has 14 heteroatoms. The molecule has 2 aliphatic carbocycles. The number of hydrogen-bond acceptors (Lipinski definition) is 6. The number of alkyl halides is 6. The van der Waals surface area contributed by atoms with Gasteiger partial charge in [0.2, 0.25) is 0 Å². The zero-order chi connectivity index (χ0) is 44.1. The van der Waals surface area contributed by atoms with E-state index in [4.69, 9.17) is 0 Å². The van der Waals surface area contributed by atoms with Gasteiger partial charge in [-0.3, -0.25) is 9.59 Å². The second-order valence-electron chi connectivity index (χ2n) is 18.3. The van der Waals surface area contributed by atoms with Crippen LogP contribution in [-0.4, -0.2) is 11.6 Å². The topological polar surface area (TPSA) is 83.6 Å². The van der Waals surface area contributed by atoms with Crippen LogP contribution in [0.1, 0.15) is 94.2 Å². The maximum Gasteiger partial charge on any atom is 0.417 e. The molecule has 0 fully saturated rings. The molecule has 0 amide bonds. The number of carbonyl (C=O) groups is 2. The predicted molar refractivity (Wildman–Crippen MR) is 223 cm³/mol. The summed E-state index contributed by atoms with van der Waals surface area (Å²) in [7, 11) is 0. The van der Waals surface area contributed by atoms with Gasteiger partial charge in [-0.05, 0) is 124 Å². The van der Waals surface area contributed by atoms with E-state index in [2.05, 4.69) is 52.3 Å². The lowest BCUT2D eigenvalue weighted by Crippen LogP contribution is -2.27. The van der Waals surface area contributed by atoms with Crippen molar-refractivity contribution in [1.29, 1.82) is 0 Å². The molecule has 0 spiro atoms. The van der Waals surface area contributed by atoms with Crippen molar-refractivity contribution in [3.05, 3.63) is 114 Å². The number of ketones is 2. The Bertz CT molecular complexity index is 2060. The summed E-state index contributed by atoms with van der Waals surface area (Å²) in [5, 5.41) is 16.0. The monoisotopic (exact) mass is 934 g/mol. The first kappa shape index (κ1) is 46.6. The van der Waals surface area contributed by atoms with Crippen molar-refractivity contribution in [3.8, 4) is 11.1 Å². The van der Waals surface area contributed by atoms with Crippen LogP contribution >= 0.6 is 31.9 Å². The molecule has 0 saturated heterocycles. The van der Waals surface area contributed by atoms with Crippen molar-refractivity contribution in [2.45, 2.75) is 95.4 Å².